The van der Waals surface area contributed by atoms with Crippen LogP contribution >= 0.6 is 0 Å². The molecule has 110 valence electrons. The molecule has 2 N–H and O–H groups in total. The van der Waals surface area contributed by atoms with Gasteiger partial charge < -0.3 is 15.2 Å². The quantitative estimate of drug-likeness (QED) is 0.865. The van der Waals surface area contributed by atoms with Crippen molar-refractivity contribution in [2.24, 2.45) is 5.92 Å². The molecule has 1 heterocycles. The summed E-state index contributed by atoms with van der Waals surface area (Å²) in [6, 6.07) is 6.06. The van der Waals surface area contributed by atoms with Crippen LogP contribution in [0.4, 0.5) is 0 Å². The zero-order valence-electron chi connectivity index (χ0n) is 12.1. The lowest BCUT2D eigenvalue weighted by Crippen LogP contribution is -2.45. The second kappa shape index (κ2) is 6.02. The van der Waals surface area contributed by atoms with E-state index in [0.717, 1.165) is 43.4 Å². The van der Waals surface area contributed by atoms with Gasteiger partial charge in [0.05, 0.1) is 7.11 Å². The first kappa shape index (κ1) is 13.7. The number of ether oxygens (including phenoxy) is 1. The number of rotatable bonds is 5. The lowest BCUT2D eigenvalue weighted by atomic mass is 9.97. The van der Waals surface area contributed by atoms with E-state index < -0.39 is 0 Å². The minimum absolute atomic E-state index is 0.343. The van der Waals surface area contributed by atoms with Crippen molar-refractivity contribution in [3.8, 4) is 11.5 Å². The van der Waals surface area contributed by atoms with Gasteiger partial charge >= 0.3 is 0 Å². The fourth-order valence-corrected chi connectivity index (χ4v) is 3.07. The number of hydrogen-bond acceptors (Lipinski definition) is 4. The molecule has 0 radical (unpaired) electrons. The molecule has 20 heavy (non-hydrogen) atoms. The maximum Gasteiger partial charge on any atom is 0.124 e. The van der Waals surface area contributed by atoms with Crippen molar-refractivity contribution in [2.45, 2.75) is 25.3 Å². The number of phenolic OH excluding ortho intramolecular Hbond substituents is 1. The molecule has 1 saturated carbocycles. The van der Waals surface area contributed by atoms with Gasteiger partial charge in [0, 0.05) is 43.9 Å². The predicted molar refractivity (Wildman–Crippen MR) is 79.2 cm³/mol. The van der Waals surface area contributed by atoms with E-state index in [1.165, 1.54) is 19.3 Å². The summed E-state index contributed by atoms with van der Waals surface area (Å²) in [4.78, 5) is 2.51. The number of piperazine rings is 1. The highest BCUT2D eigenvalue weighted by molar-refractivity contribution is 5.41. The normalized spacial score (nSPS) is 21.6. The molecule has 0 unspecified atom stereocenters. The fraction of sp³-hybridized carbons (Fsp3) is 0.625. The number of aromatic hydroxyl groups is 1. The monoisotopic (exact) mass is 276 g/mol. The summed E-state index contributed by atoms with van der Waals surface area (Å²) in [5.41, 5.74) is 1.06. The second-order valence-electron chi connectivity index (χ2n) is 5.91. The lowest BCUT2D eigenvalue weighted by Gasteiger charge is -2.35. The highest BCUT2D eigenvalue weighted by Gasteiger charge is 2.31. The maximum absolute atomic E-state index is 10.3. The fourth-order valence-electron chi connectivity index (χ4n) is 3.07. The Kier molecular flexibility index (Phi) is 4.13. The van der Waals surface area contributed by atoms with Crippen LogP contribution in [0, 0.1) is 5.92 Å². The molecule has 4 nitrogen and oxygen atoms in total. The average Bonchev–Trinajstić information content (AvgIpc) is 3.30. The Morgan fingerprint density at radius 1 is 1.35 bits per heavy atom. The van der Waals surface area contributed by atoms with Crippen molar-refractivity contribution < 1.29 is 9.84 Å². The summed E-state index contributed by atoms with van der Waals surface area (Å²) in [6.45, 7) is 4.20. The van der Waals surface area contributed by atoms with Crippen LogP contribution in [-0.2, 0) is 0 Å². The van der Waals surface area contributed by atoms with Crippen LogP contribution < -0.4 is 10.1 Å². The highest BCUT2D eigenvalue weighted by Crippen LogP contribution is 2.42. The van der Waals surface area contributed by atoms with Crippen molar-refractivity contribution >= 4 is 0 Å². The summed E-state index contributed by atoms with van der Waals surface area (Å²) in [7, 11) is 1.63. The molecular weight excluding hydrogens is 252 g/mol. The van der Waals surface area contributed by atoms with E-state index in [0.29, 0.717) is 11.8 Å². The summed E-state index contributed by atoms with van der Waals surface area (Å²) in [5.74, 6) is 1.93. The van der Waals surface area contributed by atoms with Gasteiger partial charge in [-0.3, -0.25) is 4.90 Å². The van der Waals surface area contributed by atoms with Crippen molar-refractivity contribution in [3.05, 3.63) is 23.8 Å². The second-order valence-corrected chi connectivity index (χ2v) is 5.91. The Morgan fingerprint density at radius 3 is 2.70 bits per heavy atom. The van der Waals surface area contributed by atoms with Crippen molar-refractivity contribution in [1.29, 1.82) is 0 Å². The molecule has 0 aromatic heterocycles. The summed E-state index contributed by atoms with van der Waals surface area (Å²) in [6.07, 6.45) is 3.86. The number of hydrogen-bond donors (Lipinski definition) is 2. The minimum Gasteiger partial charge on any atom is -0.507 e. The van der Waals surface area contributed by atoms with Gasteiger partial charge in [-0.25, -0.2) is 0 Å². The predicted octanol–water partition coefficient (Wildman–Crippen LogP) is 2.15. The van der Waals surface area contributed by atoms with Gasteiger partial charge in [-0.1, -0.05) is 18.9 Å². The Hall–Kier alpha value is -1.26. The van der Waals surface area contributed by atoms with Gasteiger partial charge in [0.15, 0.2) is 0 Å². The largest absolute Gasteiger partial charge is 0.507 e. The van der Waals surface area contributed by atoms with E-state index in [1.807, 2.05) is 12.1 Å². The van der Waals surface area contributed by atoms with Crippen molar-refractivity contribution in [1.82, 2.24) is 10.2 Å². The zero-order valence-corrected chi connectivity index (χ0v) is 12.1. The molecule has 2 aliphatic rings. The standard InChI is InChI=1S/C16H24N2O2/c1-20-13-4-5-14(16(19)11-13)15(10-12-2-3-12)18-8-6-17-7-9-18/h4-5,11-12,15,17,19H,2-3,6-10H2,1H3/t15-/m0/s1. The lowest BCUT2D eigenvalue weighted by molar-refractivity contribution is 0.158. The Bertz CT molecular complexity index is 454. The van der Waals surface area contributed by atoms with Crippen LogP contribution in [0.3, 0.4) is 0 Å². The van der Waals surface area contributed by atoms with Crippen molar-refractivity contribution in [2.75, 3.05) is 33.3 Å². The molecule has 1 atom stereocenters. The molecule has 1 aliphatic carbocycles. The third-order valence-corrected chi connectivity index (χ3v) is 4.44. The van der Waals surface area contributed by atoms with Crippen LogP contribution in [-0.4, -0.2) is 43.3 Å². The van der Waals surface area contributed by atoms with E-state index in [4.69, 9.17) is 4.74 Å². The van der Waals surface area contributed by atoms with E-state index in [-0.39, 0.29) is 0 Å². The molecule has 2 fully saturated rings. The number of nitrogens with zero attached hydrogens (tertiary/aromatic N) is 1. The topological polar surface area (TPSA) is 44.7 Å². The third kappa shape index (κ3) is 3.07. The van der Waals surface area contributed by atoms with Crippen LogP contribution in [0.2, 0.25) is 0 Å². The third-order valence-electron chi connectivity index (χ3n) is 4.44. The van der Waals surface area contributed by atoms with Gasteiger partial charge in [-0.15, -0.1) is 0 Å². The smallest absolute Gasteiger partial charge is 0.124 e. The van der Waals surface area contributed by atoms with Crippen LogP contribution in [0.1, 0.15) is 30.9 Å². The van der Waals surface area contributed by atoms with Crippen LogP contribution in [0.5, 0.6) is 11.5 Å². The summed E-state index contributed by atoms with van der Waals surface area (Å²) >= 11 is 0. The first-order chi connectivity index (χ1) is 9.78. The molecule has 0 spiro atoms. The molecule has 1 saturated heterocycles. The van der Waals surface area contributed by atoms with Gasteiger partial charge in [-0.2, -0.15) is 0 Å². The molecular formula is C16H24N2O2. The Balaban J connectivity index is 1.83. The van der Waals surface area contributed by atoms with Gasteiger partial charge in [0.1, 0.15) is 11.5 Å². The summed E-state index contributed by atoms with van der Waals surface area (Å²) < 4.78 is 5.19. The number of nitrogens with one attached hydrogen (secondary N) is 1. The first-order valence-electron chi connectivity index (χ1n) is 7.59. The molecule has 3 rings (SSSR count). The number of benzene rings is 1. The van der Waals surface area contributed by atoms with Gasteiger partial charge in [0.2, 0.25) is 0 Å². The number of methoxy groups -OCH3 is 1. The number of phenols is 1. The van der Waals surface area contributed by atoms with Gasteiger partial charge in [-0.05, 0) is 18.4 Å². The zero-order chi connectivity index (χ0) is 13.9. The maximum atomic E-state index is 10.3. The minimum atomic E-state index is 0.343. The molecule has 1 aromatic rings. The molecule has 0 amide bonds. The van der Waals surface area contributed by atoms with Crippen LogP contribution in [0.15, 0.2) is 18.2 Å². The summed E-state index contributed by atoms with van der Waals surface area (Å²) in [5, 5.41) is 13.7. The molecule has 1 aromatic carbocycles. The van der Waals surface area contributed by atoms with E-state index in [9.17, 15) is 5.11 Å². The SMILES string of the molecule is COc1ccc([C@H](CC2CC2)N2CCNCC2)c(O)c1. The van der Waals surface area contributed by atoms with Crippen molar-refractivity contribution in [3.63, 3.8) is 0 Å². The molecule has 1 aliphatic heterocycles. The Morgan fingerprint density at radius 2 is 2.10 bits per heavy atom. The Labute approximate surface area is 120 Å². The van der Waals surface area contributed by atoms with E-state index in [2.05, 4.69) is 10.2 Å². The molecule has 4 heteroatoms. The van der Waals surface area contributed by atoms with E-state index >= 15 is 0 Å². The van der Waals surface area contributed by atoms with Gasteiger partial charge in [0.25, 0.3) is 0 Å². The van der Waals surface area contributed by atoms with Crippen LogP contribution in [0.25, 0.3) is 0 Å². The highest BCUT2D eigenvalue weighted by atomic mass is 16.5. The molecule has 0 bridgehead atoms. The van der Waals surface area contributed by atoms with E-state index in [1.54, 1.807) is 13.2 Å². The first-order valence-corrected chi connectivity index (χ1v) is 7.59. The average molecular weight is 276 g/mol.